The quantitative estimate of drug-likeness (QED) is 0.577. The van der Waals surface area contributed by atoms with E-state index in [2.05, 4.69) is 4.98 Å². The van der Waals surface area contributed by atoms with Gasteiger partial charge in [0.1, 0.15) is 11.2 Å². The molecule has 4 nitrogen and oxygen atoms in total. The number of halogens is 2. The highest BCUT2D eigenvalue weighted by atomic mass is 35.5. The van der Waals surface area contributed by atoms with Crippen LogP contribution in [0.25, 0.3) is 10.9 Å². The summed E-state index contributed by atoms with van der Waals surface area (Å²) in [5.74, 6) is 0. The Morgan fingerprint density at radius 1 is 1.38 bits per heavy atom. The van der Waals surface area contributed by atoms with Gasteiger partial charge in [-0.3, -0.25) is 10.1 Å². The van der Waals surface area contributed by atoms with E-state index in [1.54, 1.807) is 12.1 Å². The van der Waals surface area contributed by atoms with E-state index in [-0.39, 0.29) is 10.7 Å². The van der Waals surface area contributed by atoms with E-state index < -0.39 is 4.92 Å². The van der Waals surface area contributed by atoms with Crippen molar-refractivity contribution in [3.05, 3.63) is 44.1 Å². The van der Waals surface area contributed by atoms with E-state index in [0.717, 1.165) is 11.8 Å². The van der Waals surface area contributed by atoms with E-state index in [0.29, 0.717) is 15.9 Å². The minimum atomic E-state index is -0.576. The van der Waals surface area contributed by atoms with Crippen LogP contribution in [0.1, 0.15) is 5.56 Å². The monoisotopic (exact) mass is 256 g/mol. The van der Waals surface area contributed by atoms with Crippen LogP contribution in [0.3, 0.4) is 0 Å². The lowest BCUT2D eigenvalue weighted by molar-refractivity contribution is -0.384. The summed E-state index contributed by atoms with van der Waals surface area (Å²) < 4.78 is 0. The van der Waals surface area contributed by atoms with Gasteiger partial charge in [0.25, 0.3) is 0 Å². The van der Waals surface area contributed by atoms with Crippen molar-refractivity contribution in [1.29, 1.82) is 0 Å². The topological polar surface area (TPSA) is 56.0 Å². The number of hydrogen-bond acceptors (Lipinski definition) is 3. The van der Waals surface area contributed by atoms with Crippen LogP contribution in [0, 0.1) is 17.0 Å². The molecule has 0 amide bonds. The molecule has 0 aliphatic heterocycles. The second-order valence-corrected chi connectivity index (χ2v) is 4.09. The number of aryl methyl sites for hydroxylation is 1. The first-order valence-electron chi connectivity index (χ1n) is 4.40. The number of aromatic nitrogens is 1. The molecule has 1 aromatic carbocycles. The van der Waals surface area contributed by atoms with E-state index in [9.17, 15) is 10.1 Å². The van der Waals surface area contributed by atoms with Crippen LogP contribution < -0.4 is 0 Å². The van der Waals surface area contributed by atoms with E-state index in [1.807, 2.05) is 6.92 Å². The van der Waals surface area contributed by atoms with Gasteiger partial charge in [0.2, 0.25) is 0 Å². The normalized spacial score (nSPS) is 10.7. The van der Waals surface area contributed by atoms with Gasteiger partial charge < -0.3 is 0 Å². The highest BCUT2D eigenvalue weighted by Crippen LogP contribution is 2.36. The number of hydrogen-bond donors (Lipinski definition) is 0. The van der Waals surface area contributed by atoms with Gasteiger partial charge in [-0.15, -0.1) is 0 Å². The Kier molecular flexibility index (Phi) is 2.69. The van der Waals surface area contributed by atoms with Crippen molar-refractivity contribution in [2.45, 2.75) is 6.92 Å². The lowest BCUT2D eigenvalue weighted by Gasteiger charge is -2.05. The van der Waals surface area contributed by atoms with Gasteiger partial charge in [-0.1, -0.05) is 29.3 Å². The highest BCUT2D eigenvalue weighted by Gasteiger charge is 2.18. The largest absolute Gasteiger partial charge is 0.306 e. The fourth-order valence-electron chi connectivity index (χ4n) is 1.48. The zero-order valence-corrected chi connectivity index (χ0v) is 9.71. The Balaban J connectivity index is 2.94. The molecule has 2 aromatic rings. The molecule has 0 aliphatic carbocycles. The lowest BCUT2D eigenvalue weighted by atomic mass is 10.1. The molecule has 0 saturated carbocycles. The maximum Gasteiger partial charge on any atom is 0.306 e. The smallest absolute Gasteiger partial charge is 0.258 e. The Morgan fingerprint density at radius 3 is 2.69 bits per heavy atom. The van der Waals surface area contributed by atoms with Crippen LogP contribution >= 0.6 is 23.2 Å². The first-order valence-corrected chi connectivity index (χ1v) is 5.15. The molecule has 0 N–H and O–H groups in total. The predicted molar refractivity (Wildman–Crippen MR) is 63.2 cm³/mol. The van der Waals surface area contributed by atoms with Crippen LogP contribution in [0.4, 0.5) is 5.69 Å². The van der Waals surface area contributed by atoms with Crippen molar-refractivity contribution in [1.82, 2.24) is 4.98 Å². The molecule has 0 spiro atoms. The molecule has 82 valence electrons. The fraction of sp³-hybridized carbons (Fsp3) is 0.100. The number of rotatable bonds is 1. The van der Waals surface area contributed by atoms with Gasteiger partial charge in [-0.25, -0.2) is 4.98 Å². The number of nitrogens with zero attached hydrogens (tertiary/aromatic N) is 2. The first kappa shape index (κ1) is 11.1. The Hall–Kier alpha value is -1.39. The second-order valence-electron chi connectivity index (χ2n) is 3.30. The van der Waals surface area contributed by atoms with Crippen LogP contribution in [0.5, 0.6) is 0 Å². The SMILES string of the molecule is Cc1ccc(Cl)c2c(Cl)c([N+](=O)[O-])cnc12. The third kappa shape index (κ3) is 1.60. The third-order valence-corrected chi connectivity index (χ3v) is 2.98. The Labute approximate surface area is 101 Å². The van der Waals surface area contributed by atoms with E-state index in [4.69, 9.17) is 23.2 Å². The fourth-order valence-corrected chi connectivity index (χ4v) is 2.09. The van der Waals surface area contributed by atoms with Gasteiger partial charge in [-0.2, -0.15) is 0 Å². The minimum absolute atomic E-state index is 0.0312. The average Bonchev–Trinajstić information content (AvgIpc) is 2.23. The predicted octanol–water partition coefficient (Wildman–Crippen LogP) is 3.76. The van der Waals surface area contributed by atoms with Crippen molar-refractivity contribution < 1.29 is 4.92 Å². The third-order valence-electron chi connectivity index (χ3n) is 2.29. The summed E-state index contributed by atoms with van der Waals surface area (Å²) in [7, 11) is 0. The van der Waals surface area contributed by atoms with Crippen LogP contribution in [-0.2, 0) is 0 Å². The van der Waals surface area contributed by atoms with Crippen molar-refractivity contribution in [3.63, 3.8) is 0 Å². The molecular weight excluding hydrogens is 251 g/mol. The molecule has 0 radical (unpaired) electrons. The van der Waals surface area contributed by atoms with Gasteiger partial charge in [0.05, 0.1) is 15.5 Å². The van der Waals surface area contributed by atoms with Gasteiger partial charge >= 0.3 is 5.69 Å². The van der Waals surface area contributed by atoms with Crippen molar-refractivity contribution >= 4 is 39.8 Å². The molecule has 16 heavy (non-hydrogen) atoms. The van der Waals surface area contributed by atoms with Gasteiger partial charge in [0.15, 0.2) is 0 Å². The summed E-state index contributed by atoms with van der Waals surface area (Å²) in [4.78, 5) is 14.1. The number of nitro groups is 1. The maximum absolute atomic E-state index is 10.7. The molecule has 0 bridgehead atoms. The first-order chi connectivity index (χ1) is 7.52. The second kappa shape index (κ2) is 3.88. The molecule has 2 rings (SSSR count). The van der Waals surface area contributed by atoms with E-state index in [1.165, 1.54) is 0 Å². The average molecular weight is 257 g/mol. The molecule has 6 heteroatoms. The summed E-state index contributed by atoms with van der Waals surface area (Å²) in [6.07, 6.45) is 1.15. The molecular formula is C10H6Cl2N2O2. The van der Waals surface area contributed by atoms with Gasteiger partial charge in [0, 0.05) is 5.39 Å². The van der Waals surface area contributed by atoms with Crippen molar-refractivity contribution in [2.24, 2.45) is 0 Å². The lowest BCUT2D eigenvalue weighted by Crippen LogP contribution is -1.93. The number of fused-ring (bicyclic) bond motifs is 1. The Bertz CT molecular complexity index is 599. The Morgan fingerprint density at radius 2 is 2.06 bits per heavy atom. The maximum atomic E-state index is 10.7. The van der Waals surface area contributed by atoms with Crippen molar-refractivity contribution in [2.75, 3.05) is 0 Å². The van der Waals surface area contributed by atoms with Crippen LogP contribution in [0.2, 0.25) is 10.0 Å². The van der Waals surface area contributed by atoms with Crippen LogP contribution in [0.15, 0.2) is 18.3 Å². The van der Waals surface area contributed by atoms with Crippen molar-refractivity contribution in [3.8, 4) is 0 Å². The minimum Gasteiger partial charge on any atom is -0.258 e. The zero-order valence-electron chi connectivity index (χ0n) is 8.20. The summed E-state index contributed by atoms with van der Waals surface area (Å²) >= 11 is 11.9. The van der Waals surface area contributed by atoms with E-state index >= 15 is 0 Å². The summed E-state index contributed by atoms with van der Waals surface area (Å²) in [5, 5.41) is 11.5. The van der Waals surface area contributed by atoms with Crippen LogP contribution in [-0.4, -0.2) is 9.91 Å². The summed E-state index contributed by atoms with van der Waals surface area (Å²) in [6, 6.07) is 3.44. The molecule has 1 aromatic heterocycles. The standard InChI is InChI=1S/C10H6Cl2N2O2/c1-5-2-3-6(11)8-9(12)7(14(15)16)4-13-10(5)8/h2-4H,1H3. The molecule has 0 fully saturated rings. The number of benzene rings is 1. The summed E-state index contributed by atoms with van der Waals surface area (Å²) in [6.45, 7) is 1.84. The molecule has 0 aliphatic rings. The molecule has 1 heterocycles. The molecule has 0 unspecified atom stereocenters. The molecule has 0 saturated heterocycles. The zero-order chi connectivity index (χ0) is 11.9. The number of pyridine rings is 1. The highest BCUT2D eigenvalue weighted by molar-refractivity contribution is 6.43. The summed E-state index contributed by atoms with van der Waals surface area (Å²) in [5.41, 5.74) is 1.22. The van der Waals surface area contributed by atoms with Gasteiger partial charge in [-0.05, 0) is 18.6 Å². The molecule has 0 atom stereocenters.